The number of nitrogens with zero attached hydrogens (tertiary/aromatic N) is 2. The number of carboxylic acid groups (broad SMARTS) is 1. The first-order valence-electron chi connectivity index (χ1n) is 20.1. The number of halogens is 2. The molecule has 1 heterocycles. The zero-order valence-corrected chi connectivity index (χ0v) is 34.3. The predicted molar refractivity (Wildman–Crippen MR) is 204 cm³/mol. The number of rotatable bonds is 8. The van der Waals surface area contributed by atoms with E-state index in [9.17, 15) is 23.9 Å². The van der Waals surface area contributed by atoms with E-state index in [4.69, 9.17) is 20.8 Å². The average molecular weight is 765 g/mol. The third-order valence-electron chi connectivity index (χ3n) is 16.1. The number of allylic oxidation sites excluding steroid dienone is 2. The minimum absolute atomic E-state index is 0.0228. The van der Waals surface area contributed by atoms with Gasteiger partial charge in [-0.25, -0.2) is 4.39 Å². The molecule has 0 aliphatic heterocycles. The van der Waals surface area contributed by atoms with Crippen LogP contribution in [0.3, 0.4) is 0 Å². The standard InChI is InChI=1S/C44H58ClFN2O6/c1-24(2)35-29(49)21-44(22-33-47-48-37(54-33)26-11-10-25(46)20-28(26)45)19-18-42(8)27(36(35)44)12-13-31-41(7)16-15-32(53-34(50)23-39(3,4)38(51)52)40(5,6)30(41)14-17-43(31,42)9/h10-11,20,24,27,30-32H,12-19,21-23H2,1-9H3,(H,51,52)/t27-,30+,31-,32+,41+,42-,43-,44+/m1/s1. The summed E-state index contributed by atoms with van der Waals surface area (Å²) in [7, 11) is 0. The Morgan fingerprint density at radius 2 is 1.72 bits per heavy atom. The van der Waals surface area contributed by atoms with Gasteiger partial charge in [0.1, 0.15) is 11.9 Å². The Morgan fingerprint density at radius 1 is 1.00 bits per heavy atom. The molecule has 0 unspecified atom stereocenters. The summed E-state index contributed by atoms with van der Waals surface area (Å²) in [5.41, 5.74) is 1.06. The first-order valence-corrected chi connectivity index (χ1v) is 20.5. The van der Waals surface area contributed by atoms with Crippen molar-refractivity contribution in [2.75, 3.05) is 0 Å². The summed E-state index contributed by atoms with van der Waals surface area (Å²) >= 11 is 6.35. The molecule has 4 fully saturated rings. The first kappa shape index (κ1) is 39.2. The summed E-state index contributed by atoms with van der Waals surface area (Å²) in [5, 5.41) is 18.6. The molecule has 4 saturated carbocycles. The fourth-order valence-corrected chi connectivity index (χ4v) is 13.4. The van der Waals surface area contributed by atoms with Gasteiger partial charge in [0.15, 0.2) is 5.78 Å². The van der Waals surface area contributed by atoms with Crippen molar-refractivity contribution in [3.8, 4) is 11.5 Å². The lowest BCUT2D eigenvalue weighted by Gasteiger charge is -2.72. The van der Waals surface area contributed by atoms with Crippen molar-refractivity contribution in [3.63, 3.8) is 0 Å². The van der Waals surface area contributed by atoms with Crippen LogP contribution < -0.4 is 0 Å². The van der Waals surface area contributed by atoms with Crippen LogP contribution in [0.4, 0.5) is 4.39 Å². The molecule has 1 N–H and O–H groups in total. The van der Waals surface area contributed by atoms with E-state index in [1.54, 1.807) is 19.9 Å². The van der Waals surface area contributed by atoms with Gasteiger partial charge in [-0.1, -0.05) is 65.6 Å². The topological polar surface area (TPSA) is 120 Å². The molecule has 0 radical (unpaired) electrons. The molecule has 7 rings (SSSR count). The van der Waals surface area contributed by atoms with Gasteiger partial charge in [0.2, 0.25) is 11.8 Å². The van der Waals surface area contributed by atoms with E-state index in [1.807, 2.05) is 0 Å². The highest BCUT2D eigenvalue weighted by Gasteiger charge is 2.70. The summed E-state index contributed by atoms with van der Waals surface area (Å²) in [6.07, 6.45) is 8.32. The Hall–Kier alpha value is -3.07. The van der Waals surface area contributed by atoms with Gasteiger partial charge in [0.25, 0.3) is 0 Å². The molecule has 0 bridgehead atoms. The summed E-state index contributed by atoms with van der Waals surface area (Å²) in [4.78, 5) is 39.0. The number of carboxylic acids is 1. The third kappa shape index (κ3) is 5.82. The second-order valence-corrected chi connectivity index (χ2v) is 20.4. The Kier molecular flexibility index (Phi) is 9.42. The lowest BCUT2D eigenvalue weighted by atomic mass is 9.33. The van der Waals surface area contributed by atoms with Gasteiger partial charge in [-0.3, -0.25) is 14.4 Å². The largest absolute Gasteiger partial charge is 0.481 e. The van der Waals surface area contributed by atoms with Crippen molar-refractivity contribution in [3.05, 3.63) is 46.1 Å². The van der Waals surface area contributed by atoms with E-state index in [0.29, 0.717) is 36.1 Å². The van der Waals surface area contributed by atoms with Crippen molar-refractivity contribution in [1.82, 2.24) is 10.2 Å². The number of hydrogen-bond donors (Lipinski definition) is 1. The van der Waals surface area contributed by atoms with Gasteiger partial charge in [-0.2, -0.15) is 0 Å². The molecule has 10 heteroatoms. The molecule has 0 saturated heterocycles. The van der Waals surface area contributed by atoms with Gasteiger partial charge in [0, 0.05) is 23.7 Å². The van der Waals surface area contributed by atoms with E-state index in [0.717, 1.165) is 56.9 Å². The van der Waals surface area contributed by atoms with E-state index in [-0.39, 0.29) is 68.1 Å². The fourth-order valence-electron chi connectivity index (χ4n) is 13.2. The number of benzene rings is 1. The van der Waals surface area contributed by atoms with Gasteiger partial charge < -0.3 is 14.3 Å². The Morgan fingerprint density at radius 3 is 2.39 bits per heavy atom. The van der Waals surface area contributed by atoms with Gasteiger partial charge >= 0.3 is 11.9 Å². The third-order valence-corrected chi connectivity index (χ3v) is 16.4. The number of esters is 1. The SMILES string of the molecule is CC(C)C1=C2[C@H]3CC[C@@H]4[C@@]5(C)CC[C@H](OC(=O)CC(C)(C)C(=O)O)C(C)(C)[C@@H]5CC[C@@]4(C)[C@]3(C)CC[C@@]2(Cc2nnc(-c3ccc(F)cc3Cl)o2)CC1=O. The highest BCUT2D eigenvalue weighted by atomic mass is 35.5. The summed E-state index contributed by atoms with van der Waals surface area (Å²) in [6, 6.07) is 4.12. The lowest BCUT2D eigenvalue weighted by molar-refractivity contribution is -0.233. The summed E-state index contributed by atoms with van der Waals surface area (Å²) in [6.45, 7) is 19.5. The molecule has 54 heavy (non-hydrogen) atoms. The number of carbonyl (C=O) groups excluding carboxylic acids is 2. The molecule has 2 aromatic rings. The van der Waals surface area contributed by atoms with Crippen LogP contribution in [0.1, 0.15) is 132 Å². The van der Waals surface area contributed by atoms with Crippen molar-refractivity contribution >= 4 is 29.3 Å². The van der Waals surface area contributed by atoms with Crippen LogP contribution in [-0.2, 0) is 25.5 Å². The maximum Gasteiger partial charge on any atom is 0.309 e. The molecule has 0 amide bonds. The molecular weight excluding hydrogens is 707 g/mol. The normalized spacial score (nSPS) is 36.0. The molecular formula is C44H58ClFN2O6. The van der Waals surface area contributed by atoms with Crippen LogP contribution in [0, 0.1) is 62.0 Å². The fraction of sp³-hybridized carbons (Fsp3) is 0.705. The van der Waals surface area contributed by atoms with E-state index in [2.05, 4.69) is 58.7 Å². The average Bonchev–Trinajstić information content (AvgIpc) is 3.63. The Bertz CT molecular complexity index is 1920. The maximum absolute atomic E-state index is 14.1. The van der Waals surface area contributed by atoms with Crippen LogP contribution in [-0.4, -0.2) is 39.1 Å². The van der Waals surface area contributed by atoms with Crippen molar-refractivity contribution < 1.29 is 33.0 Å². The number of ether oxygens (including phenoxy) is 1. The monoisotopic (exact) mass is 764 g/mol. The minimum Gasteiger partial charge on any atom is -0.481 e. The van der Waals surface area contributed by atoms with Crippen LogP contribution in [0.15, 0.2) is 33.8 Å². The second-order valence-electron chi connectivity index (χ2n) is 20.0. The second kappa shape index (κ2) is 13.0. The highest BCUT2D eigenvalue weighted by Crippen LogP contribution is 2.77. The number of carbonyl (C=O) groups is 3. The summed E-state index contributed by atoms with van der Waals surface area (Å²) < 4.78 is 26.2. The zero-order valence-electron chi connectivity index (χ0n) is 33.5. The molecule has 1 aromatic heterocycles. The van der Waals surface area contributed by atoms with E-state index in [1.165, 1.54) is 17.7 Å². The van der Waals surface area contributed by atoms with E-state index < -0.39 is 23.2 Å². The maximum atomic E-state index is 14.1. The first-order chi connectivity index (χ1) is 25.1. The number of ketones is 1. The Balaban J connectivity index is 1.18. The van der Waals surface area contributed by atoms with E-state index >= 15 is 0 Å². The lowest BCUT2D eigenvalue weighted by Crippen LogP contribution is -2.65. The molecule has 294 valence electrons. The van der Waals surface area contributed by atoms with Crippen LogP contribution in [0.25, 0.3) is 11.5 Å². The zero-order chi connectivity index (χ0) is 39.4. The molecule has 5 aliphatic rings. The number of hydrogen-bond acceptors (Lipinski definition) is 7. The van der Waals surface area contributed by atoms with Crippen molar-refractivity contribution in [2.45, 2.75) is 139 Å². The number of fused-ring (bicyclic) bond motifs is 7. The van der Waals surface area contributed by atoms with Crippen molar-refractivity contribution in [2.24, 2.45) is 56.2 Å². The van der Waals surface area contributed by atoms with Gasteiger partial charge in [-0.15, -0.1) is 10.2 Å². The molecule has 0 spiro atoms. The smallest absolute Gasteiger partial charge is 0.309 e. The number of aliphatic carboxylic acids is 1. The van der Waals surface area contributed by atoms with Gasteiger partial charge in [0.05, 0.1) is 22.4 Å². The number of aromatic nitrogens is 2. The predicted octanol–water partition coefficient (Wildman–Crippen LogP) is 10.5. The minimum atomic E-state index is -1.18. The number of Topliss-reactive ketones (excluding diaryl/α,β-unsaturated/α-hetero) is 1. The van der Waals surface area contributed by atoms with Gasteiger partial charge in [-0.05, 0) is 129 Å². The Labute approximate surface area is 324 Å². The molecule has 8 nitrogen and oxygen atoms in total. The molecule has 8 atom stereocenters. The highest BCUT2D eigenvalue weighted by molar-refractivity contribution is 6.33. The van der Waals surface area contributed by atoms with Crippen molar-refractivity contribution in [1.29, 1.82) is 0 Å². The van der Waals surface area contributed by atoms with Crippen LogP contribution in [0.2, 0.25) is 5.02 Å². The van der Waals surface area contributed by atoms with Crippen LogP contribution in [0.5, 0.6) is 0 Å². The molecule has 5 aliphatic carbocycles. The summed E-state index contributed by atoms with van der Waals surface area (Å²) in [5.74, 6) is 0.289. The molecule has 1 aromatic carbocycles. The van der Waals surface area contributed by atoms with Crippen LogP contribution >= 0.6 is 11.6 Å². The quantitative estimate of drug-likeness (QED) is 0.264.